The van der Waals surface area contributed by atoms with E-state index in [0.29, 0.717) is 16.5 Å². The van der Waals surface area contributed by atoms with Crippen LogP contribution in [0.25, 0.3) is 0 Å². The minimum absolute atomic E-state index is 0.0331. The highest BCUT2D eigenvalue weighted by atomic mass is 35.5. The lowest BCUT2D eigenvalue weighted by Crippen LogP contribution is -2.35. The Morgan fingerprint density at radius 3 is 2.60 bits per heavy atom. The molecular formula is C16H15Cl2NO. The Balaban J connectivity index is 2.17. The number of fused-ring (bicyclic) bond motifs is 1. The number of hydrogen-bond donors (Lipinski definition) is 2. The largest absolute Gasteiger partial charge is 0.380 e. The quantitative estimate of drug-likeness (QED) is 0.835. The summed E-state index contributed by atoms with van der Waals surface area (Å²) in [6.45, 7) is 0. The summed E-state index contributed by atoms with van der Waals surface area (Å²) >= 11 is 12.0. The Bertz CT molecular complexity index is 659. The lowest BCUT2D eigenvalue weighted by Gasteiger charge is -2.37. The molecule has 1 aliphatic carbocycles. The van der Waals surface area contributed by atoms with Gasteiger partial charge in [-0.1, -0.05) is 53.5 Å². The number of halogens is 2. The number of hydrogen-bond acceptors (Lipinski definition) is 2. The second-order valence-corrected chi connectivity index (χ2v) is 6.04. The lowest BCUT2D eigenvalue weighted by atomic mass is 9.73. The summed E-state index contributed by atoms with van der Waals surface area (Å²) in [7, 11) is 0. The zero-order chi connectivity index (χ0) is 14.3. The number of rotatable bonds is 1. The zero-order valence-corrected chi connectivity index (χ0v) is 12.3. The third kappa shape index (κ3) is 2.13. The van der Waals surface area contributed by atoms with Gasteiger partial charge in [0.15, 0.2) is 0 Å². The summed E-state index contributed by atoms with van der Waals surface area (Å²) in [5.41, 5.74) is 7.69. The topological polar surface area (TPSA) is 46.2 Å². The highest BCUT2D eigenvalue weighted by molar-refractivity contribution is 6.42. The van der Waals surface area contributed by atoms with Gasteiger partial charge in [0, 0.05) is 6.04 Å². The normalized spacial score (nSPS) is 25.3. The molecule has 104 valence electrons. The Labute approximate surface area is 128 Å². The molecule has 0 bridgehead atoms. The Kier molecular flexibility index (Phi) is 3.51. The molecule has 0 aliphatic heterocycles. The first-order valence-corrected chi connectivity index (χ1v) is 7.31. The molecule has 0 saturated heterocycles. The van der Waals surface area contributed by atoms with Gasteiger partial charge in [0.25, 0.3) is 0 Å². The van der Waals surface area contributed by atoms with Crippen molar-refractivity contribution in [2.24, 2.45) is 5.73 Å². The molecule has 0 amide bonds. The standard InChI is InChI=1S/C16H15Cl2NO/c17-13-6-5-10(9-14(13)18)16(20)8-7-15(19)11-3-1-2-4-12(11)16/h1-6,9,15,20H,7-8,19H2/t15-,16?/m1/s1. The van der Waals surface area contributed by atoms with E-state index in [0.717, 1.165) is 23.1 Å². The van der Waals surface area contributed by atoms with Crippen LogP contribution in [0.5, 0.6) is 0 Å². The van der Waals surface area contributed by atoms with Crippen molar-refractivity contribution in [3.8, 4) is 0 Å². The third-order valence-electron chi connectivity index (χ3n) is 4.02. The van der Waals surface area contributed by atoms with Crippen LogP contribution >= 0.6 is 23.2 Å². The van der Waals surface area contributed by atoms with E-state index in [2.05, 4.69) is 0 Å². The molecule has 0 aromatic heterocycles. The van der Waals surface area contributed by atoms with E-state index in [1.165, 1.54) is 0 Å². The van der Waals surface area contributed by atoms with Crippen molar-refractivity contribution in [3.05, 3.63) is 69.2 Å². The van der Waals surface area contributed by atoms with Crippen molar-refractivity contribution in [1.82, 2.24) is 0 Å². The smallest absolute Gasteiger partial charge is 0.115 e. The fourth-order valence-corrected chi connectivity index (χ4v) is 3.20. The van der Waals surface area contributed by atoms with E-state index >= 15 is 0 Å². The van der Waals surface area contributed by atoms with Gasteiger partial charge in [0.05, 0.1) is 10.0 Å². The van der Waals surface area contributed by atoms with Gasteiger partial charge in [-0.15, -0.1) is 0 Å². The SMILES string of the molecule is N[C@@H]1CCC(O)(c2ccc(Cl)c(Cl)c2)c2ccccc21. The first-order chi connectivity index (χ1) is 9.52. The predicted molar refractivity (Wildman–Crippen MR) is 82.1 cm³/mol. The van der Waals surface area contributed by atoms with Crippen molar-refractivity contribution >= 4 is 23.2 Å². The molecule has 1 aliphatic rings. The van der Waals surface area contributed by atoms with Gasteiger partial charge >= 0.3 is 0 Å². The Hall–Kier alpha value is -1.06. The summed E-state index contributed by atoms with van der Waals surface area (Å²) in [5, 5.41) is 12.1. The van der Waals surface area contributed by atoms with Crippen molar-refractivity contribution in [2.75, 3.05) is 0 Å². The first-order valence-electron chi connectivity index (χ1n) is 6.55. The molecule has 3 rings (SSSR count). The maximum Gasteiger partial charge on any atom is 0.115 e. The van der Waals surface area contributed by atoms with Crippen LogP contribution in [-0.2, 0) is 5.60 Å². The summed E-state index contributed by atoms with van der Waals surface area (Å²) in [6, 6.07) is 13.0. The van der Waals surface area contributed by atoms with E-state index in [1.54, 1.807) is 12.1 Å². The highest BCUT2D eigenvalue weighted by Crippen LogP contribution is 2.44. The predicted octanol–water partition coefficient (Wildman–Crippen LogP) is 4.02. The second-order valence-electron chi connectivity index (χ2n) is 5.22. The number of aliphatic hydroxyl groups is 1. The molecule has 2 nitrogen and oxygen atoms in total. The van der Waals surface area contributed by atoms with E-state index in [1.807, 2.05) is 30.3 Å². The molecule has 0 heterocycles. The molecule has 3 N–H and O–H groups in total. The minimum atomic E-state index is -1.05. The Morgan fingerprint density at radius 2 is 1.85 bits per heavy atom. The van der Waals surface area contributed by atoms with E-state index < -0.39 is 5.60 Å². The van der Waals surface area contributed by atoms with Gasteiger partial charge in [0.2, 0.25) is 0 Å². The van der Waals surface area contributed by atoms with Crippen molar-refractivity contribution in [1.29, 1.82) is 0 Å². The first kappa shape index (κ1) is 13.9. The van der Waals surface area contributed by atoms with Gasteiger partial charge in [0.1, 0.15) is 5.60 Å². The van der Waals surface area contributed by atoms with Crippen LogP contribution in [0, 0.1) is 0 Å². The van der Waals surface area contributed by atoms with Crippen LogP contribution in [0.1, 0.15) is 35.6 Å². The average molecular weight is 308 g/mol. The monoisotopic (exact) mass is 307 g/mol. The fraction of sp³-hybridized carbons (Fsp3) is 0.250. The highest BCUT2D eigenvalue weighted by Gasteiger charge is 2.38. The van der Waals surface area contributed by atoms with Crippen molar-refractivity contribution < 1.29 is 5.11 Å². The van der Waals surface area contributed by atoms with Gasteiger partial charge in [-0.2, -0.15) is 0 Å². The molecule has 2 atom stereocenters. The number of benzene rings is 2. The Morgan fingerprint density at radius 1 is 1.10 bits per heavy atom. The number of nitrogens with two attached hydrogens (primary N) is 1. The van der Waals surface area contributed by atoms with Crippen LogP contribution < -0.4 is 5.73 Å². The van der Waals surface area contributed by atoms with Crippen LogP contribution in [-0.4, -0.2) is 5.11 Å². The summed E-state index contributed by atoms with van der Waals surface area (Å²) < 4.78 is 0. The molecule has 2 aromatic carbocycles. The molecule has 0 spiro atoms. The summed E-state index contributed by atoms with van der Waals surface area (Å²) in [5.74, 6) is 0. The van der Waals surface area contributed by atoms with E-state index in [4.69, 9.17) is 28.9 Å². The molecule has 1 unspecified atom stereocenters. The maximum atomic E-state index is 11.2. The minimum Gasteiger partial charge on any atom is -0.380 e. The van der Waals surface area contributed by atoms with Gasteiger partial charge in [-0.25, -0.2) is 0 Å². The van der Waals surface area contributed by atoms with Crippen LogP contribution in [0.2, 0.25) is 10.0 Å². The van der Waals surface area contributed by atoms with Crippen LogP contribution in [0.3, 0.4) is 0 Å². The molecule has 4 heteroatoms. The lowest BCUT2D eigenvalue weighted by molar-refractivity contribution is 0.0573. The average Bonchev–Trinajstić information content (AvgIpc) is 2.46. The van der Waals surface area contributed by atoms with E-state index in [-0.39, 0.29) is 6.04 Å². The molecule has 0 saturated carbocycles. The van der Waals surface area contributed by atoms with Gasteiger partial charge in [-0.3, -0.25) is 0 Å². The summed E-state index contributed by atoms with van der Waals surface area (Å²) in [6.07, 6.45) is 1.30. The maximum absolute atomic E-state index is 11.2. The van der Waals surface area contributed by atoms with E-state index in [9.17, 15) is 5.11 Å². The van der Waals surface area contributed by atoms with Gasteiger partial charge in [-0.05, 0) is 41.7 Å². The van der Waals surface area contributed by atoms with Crippen LogP contribution in [0.4, 0.5) is 0 Å². The fourth-order valence-electron chi connectivity index (χ4n) is 2.90. The van der Waals surface area contributed by atoms with Gasteiger partial charge < -0.3 is 10.8 Å². The molecule has 2 aromatic rings. The van der Waals surface area contributed by atoms with Crippen molar-refractivity contribution in [2.45, 2.75) is 24.5 Å². The molecule has 0 fully saturated rings. The summed E-state index contributed by atoms with van der Waals surface area (Å²) in [4.78, 5) is 0. The van der Waals surface area contributed by atoms with Crippen LogP contribution in [0.15, 0.2) is 42.5 Å². The third-order valence-corrected chi connectivity index (χ3v) is 4.76. The molecule has 0 radical (unpaired) electrons. The second kappa shape index (κ2) is 5.05. The molecular weight excluding hydrogens is 293 g/mol. The molecule has 20 heavy (non-hydrogen) atoms. The van der Waals surface area contributed by atoms with Crippen molar-refractivity contribution in [3.63, 3.8) is 0 Å². The zero-order valence-electron chi connectivity index (χ0n) is 10.8.